The average Bonchev–Trinajstić information content (AvgIpc) is 2.57. The standard InChI is InChI=1S/C9H9BrN4O/c1-2-6-8(10)9(15)14(13-6)7-4-3-5-11-12-7/h3-5,13H,2H2,1H3. The Bertz CT molecular complexity index is 517. The number of aromatic nitrogens is 4. The number of hydrogen-bond donors (Lipinski definition) is 1. The second-order valence-corrected chi connectivity index (χ2v) is 3.77. The minimum Gasteiger partial charge on any atom is -0.292 e. The van der Waals surface area contributed by atoms with Crippen molar-refractivity contribution >= 4 is 15.9 Å². The molecule has 2 aromatic rings. The molecule has 78 valence electrons. The van der Waals surface area contributed by atoms with Gasteiger partial charge in [0.05, 0.1) is 5.69 Å². The first-order valence-corrected chi connectivity index (χ1v) is 5.30. The van der Waals surface area contributed by atoms with E-state index in [2.05, 4.69) is 31.2 Å². The Labute approximate surface area is 94.3 Å². The number of nitrogens with zero attached hydrogens (tertiary/aromatic N) is 3. The van der Waals surface area contributed by atoms with Gasteiger partial charge in [0.25, 0.3) is 5.56 Å². The van der Waals surface area contributed by atoms with E-state index in [9.17, 15) is 4.79 Å². The normalized spacial score (nSPS) is 10.5. The Balaban J connectivity index is 2.60. The van der Waals surface area contributed by atoms with Gasteiger partial charge in [0.1, 0.15) is 4.47 Å². The number of rotatable bonds is 2. The molecule has 0 unspecified atom stereocenters. The maximum atomic E-state index is 11.8. The number of aromatic amines is 1. The first-order valence-electron chi connectivity index (χ1n) is 4.51. The van der Waals surface area contributed by atoms with Crippen LogP contribution in [0.1, 0.15) is 12.6 Å². The highest BCUT2D eigenvalue weighted by molar-refractivity contribution is 9.10. The van der Waals surface area contributed by atoms with Crippen molar-refractivity contribution in [1.29, 1.82) is 0 Å². The Morgan fingerprint density at radius 2 is 2.40 bits per heavy atom. The largest absolute Gasteiger partial charge is 0.292 e. The van der Waals surface area contributed by atoms with Gasteiger partial charge in [-0.05, 0) is 34.5 Å². The molecule has 0 amide bonds. The van der Waals surface area contributed by atoms with Crippen LogP contribution in [0.3, 0.4) is 0 Å². The first kappa shape index (κ1) is 10.1. The summed E-state index contributed by atoms with van der Waals surface area (Å²) < 4.78 is 1.92. The Morgan fingerprint density at radius 1 is 1.60 bits per heavy atom. The zero-order valence-corrected chi connectivity index (χ0v) is 9.65. The number of H-pyrrole nitrogens is 1. The summed E-state index contributed by atoms with van der Waals surface area (Å²) in [5.41, 5.74) is 0.706. The Hall–Kier alpha value is -1.43. The van der Waals surface area contributed by atoms with Crippen molar-refractivity contribution in [2.45, 2.75) is 13.3 Å². The Kier molecular flexibility index (Phi) is 2.68. The van der Waals surface area contributed by atoms with Crippen molar-refractivity contribution in [3.05, 3.63) is 38.9 Å². The van der Waals surface area contributed by atoms with Gasteiger partial charge in [-0.2, -0.15) is 9.78 Å². The smallest absolute Gasteiger partial charge is 0.287 e. The predicted octanol–water partition coefficient (Wildman–Crippen LogP) is 1.28. The van der Waals surface area contributed by atoms with Gasteiger partial charge in [-0.15, -0.1) is 5.10 Å². The molecule has 0 spiro atoms. The van der Waals surface area contributed by atoms with Crippen molar-refractivity contribution < 1.29 is 0 Å². The summed E-state index contributed by atoms with van der Waals surface area (Å²) >= 11 is 3.25. The molecule has 0 aliphatic rings. The molecule has 2 heterocycles. The van der Waals surface area contributed by atoms with E-state index in [1.807, 2.05) is 6.92 Å². The Morgan fingerprint density at radius 3 is 2.93 bits per heavy atom. The molecule has 0 aromatic carbocycles. The summed E-state index contributed by atoms with van der Waals surface area (Å²) in [4.78, 5) is 11.8. The highest BCUT2D eigenvalue weighted by atomic mass is 79.9. The van der Waals surface area contributed by atoms with Gasteiger partial charge in [-0.1, -0.05) is 6.92 Å². The SMILES string of the molecule is CCc1[nH]n(-c2cccnn2)c(=O)c1Br. The van der Waals surface area contributed by atoms with Gasteiger partial charge in [0.15, 0.2) is 5.82 Å². The summed E-state index contributed by atoms with van der Waals surface area (Å²) in [5, 5.41) is 10.6. The molecule has 0 aliphatic carbocycles. The van der Waals surface area contributed by atoms with Gasteiger partial charge < -0.3 is 0 Å². The van der Waals surface area contributed by atoms with Crippen molar-refractivity contribution in [3.63, 3.8) is 0 Å². The van der Waals surface area contributed by atoms with E-state index in [1.54, 1.807) is 18.3 Å². The van der Waals surface area contributed by atoms with E-state index in [-0.39, 0.29) is 5.56 Å². The third kappa shape index (κ3) is 1.72. The maximum absolute atomic E-state index is 11.8. The maximum Gasteiger partial charge on any atom is 0.287 e. The zero-order chi connectivity index (χ0) is 10.8. The fourth-order valence-corrected chi connectivity index (χ4v) is 1.82. The van der Waals surface area contributed by atoms with Crippen LogP contribution < -0.4 is 5.56 Å². The van der Waals surface area contributed by atoms with E-state index < -0.39 is 0 Å². The molecule has 15 heavy (non-hydrogen) atoms. The van der Waals surface area contributed by atoms with Gasteiger partial charge in [0.2, 0.25) is 0 Å². The summed E-state index contributed by atoms with van der Waals surface area (Å²) in [6.07, 6.45) is 2.32. The van der Waals surface area contributed by atoms with Crippen LogP contribution in [0.4, 0.5) is 0 Å². The van der Waals surface area contributed by atoms with E-state index in [0.29, 0.717) is 10.3 Å². The summed E-state index contributed by atoms with van der Waals surface area (Å²) in [5.74, 6) is 0.489. The minimum atomic E-state index is -0.146. The van der Waals surface area contributed by atoms with Crippen LogP contribution >= 0.6 is 15.9 Å². The second kappa shape index (κ2) is 3.98. The molecule has 2 aromatic heterocycles. The molecule has 0 radical (unpaired) electrons. The fraction of sp³-hybridized carbons (Fsp3) is 0.222. The monoisotopic (exact) mass is 268 g/mol. The van der Waals surface area contributed by atoms with Crippen LogP contribution in [0.25, 0.3) is 5.82 Å². The van der Waals surface area contributed by atoms with Crippen molar-refractivity contribution in [3.8, 4) is 5.82 Å². The lowest BCUT2D eigenvalue weighted by Gasteiger charge is -1.97. The third-order valence-corrected chi connectivity index (χ3v) is 2.86. The van der Waals surface area contributed by atoms with Gasteiger partial charge >= 0.3 is 0 Å². The van der Waals surface area contributed by atoms with Crippen molar-refractivity contribution in [2.75, 3.05) is 0 Å². The van der Waals surface area contributed by atoms with Crippen LogP contribution in [-0.4, -0.2) is 20.0 Å². The molecule has 0 bridgehead atoms. The number of nitrogens with one attached hydrogen (secondary N) is 1. The molecule has 1 N–H and O–H groups in total. The zero-order valence-electron chi connectivity index (χ0n) is 8.07. The average molecular weight is 269 g/mol. The molecule has 0 saturated carbocycles. The summed E-state index contributed by atoms with van der Waals surface area (Å²) in [7, 11) is 0. The van der Waals surface area contributed by atoms with E-state index in [1.165, 1.54) is 4.68 Å². The molecular formula is C9H9BrN4O. The van der Waals surface area contributed by atoms with Crippen LogP contribution in [0, 0.1) is 0 Å². The molecule has 0 atom stereocenters. The number of halogens is 1. The van der Waals surface area contributed by atoms with Crippen LogP contribution in [0.15, 0.2) is 27.6 Å². The lowest BCUT2D eigenvalue weighted by molar-refractivity contribution is 0.772. The number of aryl methyl sites for hydroxylation is 1. The lowest BCUT2D eigenvalue weighted by atomic mass is 10.3. The molecule has 6 heteroatoms. The third-order valence-electron chi connectivity index (χ3n) is 2.04. The van der Waals surface area contributed by atoms with Crippen LogP contribution in [-0.2, 0) is 6.42 Å². The van der Waals surface area contributed by atoms with Crippen LogP contribution in [0.5, 0.6) is 0 Å². The lowest BCUT2D eigenvalue weighted by Crippen LogP contribution is -2.16. The highest BCUT2D eigenvalue weighted by Gasteiger charge is 2.11. The predicted molar refractivity (Wildman–Crippen MR) is 59.1 cm³/mol. The van der Waals surface area contributed by atoms with Crippen LogP contribution in [0.2, 0.25) is 0 Å². The topological polar surface area (TPSA) is 63.6 Å². The van der Waals surface area contributed by atoms with Gasteiger partial charge in [-0.25, -0.2) is 0 Å². The van der Waals surface area contributed by atoms with Crippen molar-refractivity contribution in [2.24, 2.45) is 0 Å². The molecule has 0 aliphatic heterocycles. The van der Waals surface area contributed by atoms with Gasteiger partial charge in [0, 0.05) is 6.20 Å². The van der Waals surface area contributed by atoms with E-state index in [4.69, 9.17) is 0 Å². The first-order chi connectivity index (χ1) is 7.24. The summed E-state index contributed by atoms with van der Waals surface area (Å²) in [6, 6.07) is 3.45. The van der Waals surface area contributed by atoms with Gasteiger partial charge in [-0.3, -0.25) is 9.89 Å². The molecular weight excluding hydrogens is 260 g/mol. The van der Waals surface area contributed by atoms with E-state index in [0.717, 1.165) is 12.1 Å². The quantitative estimate of drug-likeness (QED) is 0.893. The minimum absolute atomic E-state index is 0.146. The number of hydrogen-bond acceptors (Lipinski definition) is 3. The second-order valence-electron chi connectivity index (χ2n) is 2.98. The highest BCUT2D eigenvalue weighted by Crippen LogP contribution is 2.11. The molecule has 5 nitrogen and oxygen atoms in total. The molecule has 0 fully saturated rings. The fourth-order valence-electron chi connectivity index (χ4n) is 1.27. The van der Waals surface area contributed by atoms with E-state index >= 15 is 0 Å². The molecule has 2 rings (SSSR count). The summed E-state index contributed by atoms with van der Waals surface area (Å²) in [6.45, 7) is 1.97. The van der Waals surface area contributed by atoms with Crippen molar-refractivity contribution in [1.82, 2.24) is 20.0 Å². The molecule has 0 saturated heterocycles.